The smallest absolute Gasteiger partial charge is 0.335 e. The van der Waals surface area contributed by atoms with Gasteiger partial charge < -0.3 is 4.74 Å². The summed E-state index contributed by atoms with van der Waals surface area (Å²) in [5.74, 6) is -0.939. The molecule has 35 heavy (non-hydrogen) atoms. The Bertz CT molecular complexity index is 1480. The molecule has 172 valence electrons. The van der Waals surface area contributed by atoms with E-state index in [0.29, 0.717) is 23.6 Å². The van der Waals surface area contributed by atoms with Gasteiger partial charge in [0.05, 0.1) is 5.69 Å². The quantitative estimate of drug-likeness (QED) is 0.261. The van der Waals surface area contributed by atoms with Gasteiger partial charge >= 0.3 is 6.03 Å². The summed E-state index contributed by atoms with van der Waals surface area (Å²) >= 11 is 3.34. The zero-order valence-electron chi connectivity index (χ0n) is 18.4. The van der Waals surface area contributed by atoms with Gasteiger partial charge in [-0.15, -0.1) is 0 Å². The maximum Gasteiger partial charge on any atom is 0.335 e. The molecule has 0 spiro atoms. The number of nitrogens with one attached hydrogen (secondary N) is 1. The largest absolute Gasteiger partial charge is 0.488 e. The number of amides is 4. The number of halogens is 1. The van der Waals surface area contributed by atoms with E-state index < -0.39 is 17.8 Å². The van der Waals surface area contributed by atoms with Crippen LogP contribution in [0.5, 0.6) is 5.75 Å². The molecule has 1 N–H and O–H groups in total. The Morgan fingerprint density at radius 3 is 2.31 bits per heavy atom. The molecule has 6 nitrogen and oxygen atoms in total. The van der Waals surface area contributed by atoms with Gasteiger partial charge in [-0.05, 0) is 52.7 Å². The standard InChI is InChI=1S/C28H19BrN2O4/c29-20-11-13-21(14-12-20)31-27(33)24(26(32)30-28(31)34)16-23-22-9-5-4-8-19(22)10-15-25(23)35-17-18-6-2-1-3-7-18/h1-16H,17H2,(H,30,32,34)/b24-16+. The number of anilines is 1. The highest BCUT2D eigenvalue weighted by Crippen LogP contribution is 2.32. The second-order valence-electron chi connectivity index (χ2n) is 7.91. The van der Waals surface area contributed by atoms with E-state index in [9.17, 15) is 14.4 Å². The van der Waals surface area contributed by atoms with Gasteiger partial charge in [-0.3, -0.25) is 14.9 Å². The molecule has 5 rings (SSSR count). The first kappa shape index (κ1) is 22.6. The van der Waals surface area contributed by atoms with Crippen LogP contribution >= 0.6 is 15.9 Å². The number of rotatable bonds is 5. The van der Waals surface area contributed by atoms with Gasteiger partial charge in [-0.1, -0.05) is 76.6 Å². The number of carbonyl (C=O) groups is 3. The average Bonchev–Trinajstić information content (AvgIpc) is 2.87. The van der Waals surface area contributed by atoms with Crippen LogP contribution in [-0.4, -0.2) is 17.8 Å². The van der Waals surface area contributed by atoms with Crippen molar-refractivity contribution in [3.05, 3.63) is 112 Å². The molecular weight excluding hydrogens is 508 g/mol. The van der Waals surface area contributed by atoms with Crippen LogP contribution in [0.15, 0.2) is 101 Å². The molecule has 1 fully saturated rings. The van der Waals surface area contributed by atoms with Crippen molar-refractivity contribution < 1.29 is 19.1 Å². The third-order valence-corrected chi connectivity index (χ3v) is 6.17. The van der Waals surface area contributed by atoms with Gasteiger partial charge in [0.1, 0.15) is 17.9 Å². The lowest BCUT2D eigenvalue weighted by atomic mass is 9.99. The molecule has 0 unspecified atom stereocenters. The molecule has 0 radical (unpaired) electrons. The Labute approximate surface area is 209 Å². The lowest BCUT2D eigenvalue weighted by Gasteiger charge is -2.26. The van der Waals surface area contributed by atoms with Crippen molar-refractivity contribution >= 4 is 56.3 Å². The number of hydrogen-bond acceptors (Lipinski definition) is 4. The van der Waals surface area contributed by atoms with Gasteiger partial charge in [0, 0.05) is 10.0 Å². The third-order valence-electron chi connectivity index (χ3n) is 5.64. The predicted molar refractivity (Wildman–Crippen MR) is 138 cm³/mol. The normalized spacial score (nSPS) is 14.9. The first-order valence-electron chi connectivity index (χ1n) is 10.9. The van der Waals surface area contributed by atoms with Crippen LogP contribution in [0.3, 0.4) is 0 Å². The van der Waals surface area contributed by atoms with Crippen molar-refractivity contribution in [1.29, 1.82) is 0 Å². The summed E-state index contributed by atoms with van der Waals surface area (Å²) in [5, 5.41) is 4.02. The zero-order chi connectivity index (χ0) is 24.4. The summed E-state index contributed by atoms with van der Waals surface area (Å²) in [6.45, 7) is 0.318. The summed E-state index contributed by atoms with van der Waals surface area (Å²) in [6.07, 6.45) is 1.50. The molecule has 0 bridgehead atoms. The highest BCUT2D eigenvalue weighted by atomic mass is 79.9. The number of imide groups is 2. The minimum absolute atomic E-state index is 0.159. The Hall–Kier alpha value is -4.23. The SMILES string of the molecule is O=C1NC(=O)N(c2ccc(Br)cc2)C(=O)/C1=C/c1c(OCc2ccccc2)ccc2ccccc12. The van der Waals surface area contributed by atoms with Crippen LogP contribution in [0.4, 0.5) is 10.5 Å². The molecule has 0 aromatic heterocycles. The molecule has 1 heterocycles. The van der Waals surface area contributed by atoms with E-state index in [1.54, 1.807) is 24.3 Å². The van der Waals surface area contributed by atoms with Crippen LogP contribution in [0.25, 0.3) is 16.8 Å². The third kappa shape index (κ3) is 4.58. The molecule has 1 saturated heterocycles. The Balaban J connectivity index is 1.58. The van der Waals surface area contributed by atoms with Crippen molar-refractivity contribution in [2.75, 3.05) is 4.90 Å². The fourth-order valence-corrected chi connectivity index (χ4v) is 4.18. The number of urea groups is 1. The summed E-state index contributed by atoms with van der Waals surface area (Å²) < 4.78 is 6.92. The van der Waals surface area contributed by atoms with E-state index in [0.717, 1.165) is 25.7 Å². The second kappa shape index (κ2) is 9.56. The van der Waals surface area contributed by atoms with Gasteiger partial charge in [0.2, 0.25) is 0 Å². The lowest BCUT2D eigenvalue weighted by Crippen LogP contribution is -2.54. The Kier molecular flexibility index (Phi) is 6.16. The second-order valence-corrected chi connectivity index (χ2v) is 8.82. The van der Waals surface area contributed by atoms with Gasteiger partial charge in [-0.25, -0.2) is 9.69 Å². The fourth-order valence-electron chi connectivity index (χ4n) is 3.91. The van der Waals surface area contributed by atoms with E-state index >= 15 is 0 Å². The Morgan fingerprint density at radius 2 is 1.54 bits per heavy atom. The van der Waals surface area contributed by atoms with E-state index in [1.807, 2.05) is 66.7 Å². The van der Waals surface area contributed by atoms with Crippen molar-refractivity contribution in [3.8, 4) is 5.75 Å². The minimum atomic E-state index is -0.794. The monoisotopic (exact) mass is 526 g/mol. The van der Waals surface area contributed by atoms with Crippen LogP contribution in [-0.2, 0) is 16.2 Å². The molecule has 0 aliphatic carbocycles. The number of carbonyl (C=O) groups excluding carboxylic acids is 3. The molecule has 1 aliphatic rings. The van der Waals surface area contributed by atoms with Crippen LogP contribution in [0.1, 0.15) is 11.1 Å². The molecule has 4 aromatic rings. The minimum Gasteiger partial charge on any atom is -0.488 e. The summed E-state index contributed by atoms with van der Waals surface area (Å²) in [5.41, 5.74) is 1.77. The molecule has 0 saturated carbocycles. The number of ether oxygens (including phenoxy) is 1. The zero-order valence-corrected chi connectivity index (χ0v) is 20.0. The number of hydrogen-bond donors (Lipinski definition) is 1. The molecule has 0 atom stereocenters. The maximum atomic E-state index is 13.4. The van der Waals surface area contributed by atoms with Crippen molar-refractivity contribution in [2.45, 2.75) is 6.61 Å². The lowest BCUT2D eigenvalue weighted by molar-refractivity contribution is -0.122. The van der Waals surface area contributed by atoms with Crippen LogP contribution in [0.2, 0.25) is 0 Å². The Morgan fingerprint density at radius 1 is 0.829 bits per heavy atom. The summed E-state index contributed by atoms with van der Waals surface area (Å²) in [7, 11) is 0. The van der Waals surface area contributed by atoms with Gasteiger partial charge in [-0.2, -0.15) is 0 Å². The predicted octanol–water partition coefficient (Wildman–Crippen LogP) is 5.85. The summed E-state index contributed by atoms with van der Waals surface area (Å²) in [4.78, 5) is 39.7. The molecular formula is C28H19BrN2O4. The number of benzene rings is 4. The van der Waals surface area contributed by atoms with Crippen molar-refractivity contribution in [3.63, 3.8) is 0 Å². The van der Waals surface area contributed by atoms with E-state index in [4.69, 9.17) is 4.74 Å². The highest BCUT2D eigenvalue weighted by molar-refractivity contribution is 9.10. The highest BCUT2D eigenvalue weighted by Gasteiger charge is 2.37. The first-order valence-corrected chi connectivity index (χ1v) is 11.7. The maximum absolute atomic E-state index is 13.4. The van der Waals surface area contributed by atoms with Crippen molar-refractivity contribution in [1.82, 2.24) is 5.32 Å². The fraction of sp³-hybridized carbons (Fsp3) is 0.0357. The average molecular weight is 527 g/mol. The van der Waals surface area contributed by atoms with Gasteiger partial charge in [0.15, 0.2) is 0 Å². The molecule has 4 amide bonds. The van der Waals surface area contributed by atoms with Crippen molar-refractivity contribution in [2.24, 2.45) is 0 Å². The van der Waals surface area contributed by atoms with Gasteiger partial charge in [0.25, 0.3) is 11.8 Å². The number of nitrogens with zero attached hydrogens (tertiary/aromatic N) is 1. The topological polar surface area (TPSA) is 75.7 Å². The van der Waals surface area contributed by atoms with Crippen LogP contribution in [0, 0.1) is 0 Å². The van der Waals surface area contributed by atoms with E-state index in [-0.39, 0.29) is 5.57 Å². The number of fused-ring (bicyclic) bond motifs is 1. The number of barbiturate groups is 1. The van der Waals surface area contributed by atoms with Crippen LogP contribution < -0.4 is 15.0 Å². The molecule has 7 heteroatoms. The first-order chi connectivity index (χ1) is 17.0. The summed E-state index contributed by atoms with van der Waals surface area (Å²) in [6, 6.07) is 27.0. The van der Waals surface area contributed by atoms with E-state index in [2.05, 4.69) is 21.2 Å². The molecule has 4 aromatic carbocycles. The molecule has 1 aliphatic heterocycles. The van der Waals surface area contributed by atoms with E-state index in [1.165, 1.54) is 6.08 Å².